The number of rotatable bonds is 2. The average Bonchev–Trinajstić information content (AvgIpc) is 2.49. The molecule has 2 rings (SSSR count). The van der Waals surface area contributed by atoms with Gasteiger partial charge < -0.3 is 20.4 Å². The Morgan fingerprint density at radius 1 is 0.818 bits per heavy atom. The minimum Gasteiger partial charge on any atom is -0.339 e. The smallest absolute Gasteiger partial charge is 0.321 e. The monoisotopic (exact) mass is 304 g/mol. The van der Waals surface area contributed by atoms with Gasteiger partial charge in [0, 0.05) is 51.4 Å². The molecule has 1 aromatic rings. The summed E-state index contributed by atoms with van der Waals surface area (Å²) in [5.41, 5.74) is 1.34. The predicted octanol–water partition coefficient (Wildman–Crippen LogP) is 1.34. The van der Waals surface area contributed by atoms with Gasteiger partial charge >= 0.3 is 6.03 Å². The molecule has 1 heterocycles. The standard InChI is InChI=1S/C15H20N4O3/c1-11(20)16-13-3-5-14(6-4-13)17-15(22)19-9-7-18(8-10-19)12(2)21/h3-6H,7-10H2,1-2H3,(H,16,20)(H,17,22). The molecule has 0 bridgehead atoms. The van der Waals surface area contributed by atoms with Crippen molar-refractivity contribution in [3.05, 3.63) is 24.3 Å². The quantitative estimate of drug-likeness (QED) is 0.865. The van der Waals surface area contributed by atoms with Crippen molar-refractivity contribution >= 4 is 29.2 Å². The van der Waals surface area contributed by atoms with Gasteiger partial charge in [-0.05, 0) is 24.3 Å². The largest absolute Gasteiger partial charge is 0.339 e. The zero-order chi connectivity index (χ0) is 16.1. The zero-order valence-corrected chi connectivity index (χ0v) is 12.8. The number of carbonyl (C=O) groups excluding carboxylic acids is 3. The van der Waals surface area contributed by atoms with Crippen molar-refractivity contribution in [3.8, 4) is 0 Å². The summed E-state index contributed by atoms with van der Waals surface area (Å²) in [6.45, 7) is 5.14. The SMILES string of the molecule is CC(=O)Nc1ccc(NC(=O)N2CCN(C(C)=O)CC2)cc1. The Hall–Kier alpha value is -2.57. The van der Waals surface area contributed by atoms with E-state index < -0.39 is 0 Å². The van der Waals surface area contributed by atoms with Crippen molar-refractivity contribution in [2.75, 3.05) is 36.8 Å². The minimum atomic E-state index is -0.185. The fraction of sp³-hybridized carbons (Fsp3) is 0.400. The number of benzene rings is 1. The normalized spacial score (nSPS) is 14.5. The summed E-state index contributed by atoms with van der Waals surface area (Å²) in [6, 6.07) is 6.73. The zero-order valence-electron chi connectivity index (χ0n) is 12.8. The fourth-order valence-electron chi connectivity index (χ4n) is 2.27. The van der Waals surface area contributed by atoms with Gasteiger partial charge in [0.2, 0.25) is 11.8 Å². The summed E-state index contributed by atoms with van der Waals surface area (Å²) >= 11 is 0. The molecule has 0 aliphatic carbocycles. The number of amides is 4. The van der Waals surface area contributed by atoms with Crippen molar-refractivity contribution in [2.24, 2.45) is 0 Å². The molecule has 0 radical (unpaired) electrons. The van der Waals surface area contributed by atoms with E-state index in [1.807, 2.05) is 0 Å². The van der Waals surface area contributed by atoms with Gasteiger partial charge in [-0.1, -0.05) is 0 Å². The lowest BCUT2D eigenvalue weighted by atomic mass is 10.2. The second-order valence-electron chi connectivity index (χ2n) is 5.18. The molecule has 0 unspecified atom stereocenters. The number of nitrogens with one attached hydrogen (secondary N) is 2. The molecule has 1 aliphatic rings. The number of urea groups is 1. The van der Waals surface area contributed by atoms with Gasteiger partial charge in [0.1, 0.15) is 0 Å². The van der Waals surface area contributed by atoms with Crippen LogP contribution in [-0.4, -0.2) is 53.8 Å². The van der Waals surface area contributed by atoms with Gasteiger partial charge in [-0.3, -0.25) is 9.59 Å². The molecule has 1 saturated heterocycles. The van der Waals surface area contributed by atoms with E-state index in [2.05, 4.69) is 10.6 Å². The van der Waals surface area contributed by atoms with Crippen molar-refractivity contribution in [1.29, 1.82) is 0 Å². The first-order valence-electron chi connectivity index (χ1n) is 7.15. The van der Waals surface area contributed by atoms with Crippen LogP contribution >= 0.6 is 0 Å². The maximum Gasteiger partial charge on any atom is 0.321 e. The van der Waals surface area contributed by atoms with Crippen LogP contribution in [0.25, 0.3) is 0 Å². The maximum absolute atomic E-state index is 12.1. The molecule has 1 fully saturated rings. The summed E-state index contributed by atoms with van der Waals surface area (Å²) in [7, 11) is 0. The molecular formula is C15H20N4O3. The maximum atomic E-state index is 12.1. The van der Waals surface area contributed by atoms with Crippen LogP contribution in [0.2, 0.25) is 0 Å². The highest BCUT2D eigenvalue weighted by molar-refractivity contribution is 5.91. The second-order valence-corrected chi connectivity index (χ2v) is 5.18. The Bertz CT molecular complexity index is 563. The average molecular weight is 304 g/mol. The Morgan fingerprint density at radius 3 is 1.73 bits per heavy atom. The molecule has 2 N–H and O–H groups in total. The molecule has 1 aromatic carbocycles. The molecule has 7 nitrogen and oxygen atoms in total. The first-order chi connectivity index (χ1) is 10.5. The van der Waals surface area contributed by atoms with Gasteiger partial charge in [0.15, 0.2) is 0 Å². The lowest BCUT2D eigenvalue weighted by molar-refractivity contribution is -0.130. The van der Waals surface area contributed by atoms with E-state index in [0.717, 1.165) is 0 Å². The van der Waals surface area contributed by atoms with Crippen molar-refractivity contribution in [2.45, 2.75) is 13.8 Å². The van der Waals surface area contributed by atoms with Gasteiger partial charge in [0.25, 0.3) is 0 Å². The van der Waals surface area contributed by atoms with E-state index in [1.165, 1.54) is 13.8 Å². The highest BCUT2D eigenvalue weighted by Gasteiger charge is 2.22. The molecule has 22 heavy (non-hydrogen) atoms. The van der Waals surface area contributed by atoms with Crippen LogP contribution in [0.3, 0.4) is 0 Å². The number of hydrogen-bond acceptors (Lipinski definition) is 3. The molecule has 1 aliphatic heterocycles. The molecule has 4 amide bonds. The van der Waals surface area contributed by atoms with Crippen molar-refractivity contribution in [1.82, 2.24) is 9.80 Å². The number of hydrogen-bond donors (Lipinski definition) is 2. The van der Waals surface area contributed by atoms with Gasteiger partial charge in [-0.15, -0.1) is 0 Å². The number of anilines is 2. The Kier molecular flexibility index (Phi) is 4.98. The van der Waals surface area contributed by atoms with Gasteiger partial charge in [-0.25, -0.2) is 4.79 Å². The number of nitrogens with zero attached hydrogens (tertiary/aromatic N) is 2. The summed E-state index contributed by atoms with van der Waals surface area (Å²) in [5.74, 6) is -0.103. The molecule has 0 spiro atoms. The van der Waals surface area contributed by atoms with Crippen LogP contribution in [0.4, 0.5) is 16.2 Å². The molecule has 7 heteroatoms. The van der Waals surface area contributed by atoms with Gasteiger partial charge in [-0.2, -0.15) is 0 Å². The Labute approximate surface area is 129 Å². The third kappa shape index (κ3) is 4.21. The number of carbonyl (C=O) groups is 3. The lowest BCUT2D eigenvalue weighted by Gasteiger charge is -2.34. The third-order valence-corrected chi connectivity index (χ3v) is 3.47. The van der Waals surface area contributed by atoms with Crippen LogP contribution in [-0.2, 0) is 9.59 Å². The fourth-order valence-corrected chi connectivity index (χ4v) is 2.27. The Morgan fingerprint density at radius 2 is 1.27 bits per heavy atom. The minimum absolute atomic E-state index is 0.0358. The second kappa shape index (κ2) is 6.93. The summed E-state index contributed by atoms with van der Waals surface area (Å²) in [5, 5.41) is 5.47. The summed E-state index contributed by atoms with van der Waals surface area (Å²) in [6.07, 6.45) is 0. The van der Waals surface area contributed by atoms with E-state index in [9.17, 15) is 14.4 Å². The van der Waals surface area contributed by atoms with Crippen LogP contribution in [0.15, 0.2) is 24.3 Å². The van der Waals surface area contributed by atoms with E-state index >= 15 is 0 Å². The van der Waals surface area contributed by atoms with E-state index in [4.69, 9.17) is 0 Å². The third-order valence-electron chi connectivity index (χ3n) is 3.47. The summed E-state index contributed by atoms with van der Waals surface area (Å²) in [4.78, 5) is 37.8. The highest BCUT2D eigenvalue weighted by atomic mass is 16.2. The first-order valence-corrected chi connectivity index (χ1v) is 7.15. The predicted molar refractivity (Wildman–Crippen MR) is 83.6 cm³/mol. The molecule has 0 aromatic heterocycles. The Balaban J connectivity index is 1.87. The first kappa shape index (κ1) is 15.8. The van der Waals surface area contributed by atoms with Crippen LogP contribution in [0.1, 0.15) is 13.8 Å². The number of piperazine rings is 1. The topological polar surface area (TPSA) is 81.8 Å². The molecule has 0 saturated carbocycles. The van der Waals surface area contributed by atoms with Crippen LogP contribution in [0, 0.1) is 0 Å². The highest BCUT2D eigenvalue weighted by Crippen LogP contribution is 2.14. The van der Waals surface area contributed by atoms with E-state index in [0.29, 0.717) is 37.6 Å². The lowest BCUT2D eigenvalue weighted by Crippen LogP contribution is -2.51. The molecular weight excluding hydrogens is 284 g/mol. The van der Waals surface area contributed by atoms with E-state index in [-0.39, 0.29) is 17.8 Å². The van der Waals surface area contributed by atoms with Crippen molar-refractivity contribution < 1.29 is 14.4 Å². The summed E-state index contributed by atoms with van der Waals surface area (Å²) < 4.78 is 0. The van der Waals surface area contributed by atoms with Gasteiger partial charge in [0.05, 0.1) is 0 Å². The molecule has 0 atom stereocenters. The molecule has 118 valence electrons. The van der Waals surface area contributed by atoms with Crippen molar-refractivity contribution in [3.63, 3.8) is 0 Å². The van der Waals surface area contributed by atoms with Crippen LogP contribution < -0.4 is 10.6 Å². The van der Waals surface area contributed by atoms with E-state index in [1.54, 1.807) is 34.1 Å². The van der Waals surface area contributed by atoms with Crippen LogP contribution in [0.5, 0.6) is 0 Å².